The van der Waals surface area contributed by atoms with Crippen LogP contribution < -0.4 is 4.74 Å². The van der Waals surface area contributed by atoms with Crippen LogP contribution in [0.5, 0.6) is 11.5 Å². The maximum absolute atomic E-state index is 12.2. The van der Waals surface area contributed by atoms with Crippen LogP contribution in [0.15, 0.2) is 33.4 Å². The van der Waals surface area contributed by atoms with Gasteiger partial charge in [0.1, 0.15) is 0 Å². The van der Waals surface area contributed by atoms with Gasteiger partial charge in [0.15, 0.2) is 11.5 Å². The molecule has 20 heavy (non-hydrogen) atoms. The van der Waals surface area contributed by atoms with E-state index in [4.69, 9.17) is 4.74 Å². The molecule has 2 aromatic rings. The van der Waals surface area contributed by atoms with Gasteiger partial charge in [-0.1, -0.05) is 6.07 Å². The zero-order chi connectivity index (χ0) is 14.7. The Morgan fingerprint density at radius 2 is 2.20 bits per heavy atom. The quantitative estimate of drug-likeness (QED) is 0.912. The number of carbonyl (C=O) groups excluding carboxylic acids is 1. The summed E-state index contributed by atoms with van der Waals surface area (Å²) >= 11 is 4.83. The highest BCUT2D eigenvalue weighted by molar-refractivity contribution is 9.11. The maximum Gasteiger partial charge on any atom is 0.254 e. The predicted octanol–water partition coefficient (Wildman–Crippen LogP) is 3.50. The van der Waals surface area contributed by atoms with Crippen molar-refractivity contribution in [2.75, 3.05) is 14.2 Å². The molecule has 0 bridgehead atoms. The summed E-state index contributed by atoms with van der Waals surface area (Å²) in [7, 11) is 3.24. The molecule has 0 saturated carbocycles. The summed E-state index contributed by atoms with van der Waals surface area (Å²) < 4.78 is 5.99. The van der Waals surface area contributed by atoms with Crippen LogP contribution >= 0.6 is 27.3 Å². The molecule has 1 amide bonds. The van der Waals surface area contributed by atoms with E-state index in [-0.39, 0.29) is 11.7 Å². The molecule has 0 fully saturated rings. The van der Waals surface area contributed by atoms with Gasteiger partial charge in [-0.2, -0.15) is 0 Å². The lowest BCUT2D eigenvalue weighted by Gasteiger charge is -2.17. The van der Waals surface area contributed by atoms with Gasteiger partial charge in [-0.25, -0.2) is 0 Å². The molecule has 0 aliphatic rings. The van der Waals surface area contributed by atoms with E-state index in [0.717, 1.165) is 9.35 Å². The molecule has 6 heteroatoms. The SMILES string of the molecule is COc1cc(CN(C)C(=O)c2csc(Br)c2)ccc1O. The first-order valence-corrected chi connectivity index (χ1v) is 7.54. The Morgan fingerprint density at radius 1 is 1.45 bits per heavy atom. The fraction of sp³-hybridized carbons (Fsp3) is 0.214. The summed E-state index contributed by atoms with van der Waals surface area (Å²) in [6, 6.07) is 6.86. The van der Waals surface area contributed by atoms with Gasteiger partial charge in [0.05, 0.1) is 16.5 Å². The van der Waals surface area contributed by atoms with Crippen molar-refractivity contribution < 1.29 is 14.6 Å². The number of halogens is 1. The van der Waals surface area contributed by atoms with Crippen molar-refractivity contribution in [2.45, 2.75) is 6.54 Å². The second-order valence-electron chi connectivity index (χ2n) is 4.31. The molecule has 0 spiro atoms. The normalized spacial score (nSPS) is 10.3. The number of carbonyl (C=O) groups is 1. The number of amides is 1. The van der Waals surface area contributed by atoms with E-state index in [1.807, 2.05) is 5.38 Å². The van der Waals surface area contributed by atoms with E-state index in [1.165, 1.54) is 18.4 Å². The molecule has 1 aromatic heterocycles. The van der Waals surface area contributed by atoms with Crippen molar-refractivity contribution in [3.05, 3.63) is 44.6 Å². The standard InChI is InChI=1S/C14H14BrNO3S/c1-16(14(18)10-6-13(15)20-8-10)7-9-3-4-11(17)12(5-9)19-2/h3-6,8,17H,7H2,1-2H3. The van der Waals surface area contributed by atoms with Crippen LogP contribution in [-0.2, 0) is 6.54 Å². The maximum atomic E-state index is 12.2. The lowest BCUT2D eigenvalue weighted by Crippen LogP contribution is -2.25. The van der Waals surface area contributed by atoms with Crippen LogP contribution in [0.4, 0.5) is 0 Å². The van der Waals surface area contributed by atoms with Crippen molar-refractivity contribution in [1.82, 2.24) is 4.90 Å². The largest absolute Gasteiger partial charge is 0.504 e. The number of nitrogens with zero attached hydrogens (tertiary/aromatic N) is 1. The zero-order valence-electron chi connectivity index (χ0n) is 11.1. The second kappa shape index (κ2) is 6.28. The number of rotatable bonds is 4. The minimum atomic E-state index is -0.0426. The van der Waals surface area contributed by atoms with Crippen molar-refractivity contribution >= 4 is 33.2 Å². The van der Waals surface area contributed by atoms with Crippen molar-refractivity contribution in [3.63, 3.8) is 0 Å². The first-order valence-electron chi connectivity index (χ1n) is 5.86. The number of benzene rings is 1. The molecule has 0 unspecified atom stereocenters. The summed E-state index contributed by atoms with van der Waals surface area (Å²) in [6.07, 6.45) is 0. The van der Waals surface area contributed by atoms with Crippen LogP contribution in [0.25, 0.3) is 0 Å². The molecule has 0 aliphatic heterocycles. The smallest absolute Gasteiger partial charge is 0.254 e. The predicted molar refractivity (Wildman–Crippen MR) is 82.5 cm³/mol. The molecule has 106 valence electrons. The van der Waals surface area contributed by atoms with Crippen LogP contribution in [-0.4, -0.2) is 30.1 Å². The monoisotopic (exact) mass is 355 g/mol. The molecule has 2 rings (SSSR count). The first-order chi connectivity index (χ1) is 9.51. The summed E-state index contributed by atoms with van der Waals surface area (Å²) in [6.45, 7) is 0.447. The van der Waals surface area contributed by atoms with Crippen LogP contribution in [0.1, 0.15) is 15.9 Å². The molecular formula is C14H14BrNO3S. The number of ether oxygens (including phenoxy) is 1. The number of hydrogen-bond donors (Lipinski definition) is 1. The molecule has 0 aliphatic carbocycles. The van der Waals surface area contributed by atoms with E-state index in [2.05, 4.69) is 15.9 Å². The van der Waals surface area contributed by atoms with E-state index < -0.39 is 0 Å². The Balaban J connectivity index is 2.11. The number of hydrogen-bond acceptors (Lipinski definition) is 4. The van der Waals surface area contributed by atoms with E-state index in [9.17, 15) is 9.90 Å². The minimum absolute atomic E-state index is 0.0426. The summed E-state index contributed by atoms with van der Waals surface area (Å²) in [5.74, 6) is 0.451. The number of aromatic hydroxyl groups is 1. The Labute approximate surface area is 129 Å². The van der Waals surface area contributed by atoms with E-state index in [1.54, 1.807) is 36.2 Å². The van der Waals surface area contributed by atoms with Gasteiger partial charge in [-0.15, -0.1) is 11.3 Å². The van der Waals surface area contributed by atoms with Gasteiger partial charge in [0, 0.05) is 19.0 Å². The first kappa shape index (κ1) is 14.9. The molecule has 1 heterocycles. The summed E-state index contributed by atoms with van der Waals surface area (Å²) in [5.41, 5.74) is 1.56. The second-order valence-corrected chi connectivity index (χ2v) is 6.60. The summed E-state index contributed by atoms with van der Waals surface area (Å²) in [5, 5.41) is 11.4. The molecule has 1 aromatic carbocycles. The van der Waals surface area contributed by atoms with Crippen molar-refractivity contribution in [1.29, 1.82) is 0 Å². The Kier molecular flexibility index (Phi) is 4.67. The van der Waals surface area contributed by atoms with Gasteiger partial charge < -0.3 is 14.7 Å². The average molecular weight is 356 g/mol. The highest BCUT2D eigenvalue weighted by Gasteiger charge is 2.14. The van der Waals surface area contributed by atoms with Gasteiger partial charge in [-0.3, -0.25) is 4.79 Å². The average Bonchev–Trinajstić information content (AvgIpc) is 2.86. The zero-order valence-corrected chi connectivity index (χ0v) is 13.5. The lowest BCUT2D eigenvalue weighted by molar-refractivity contribution is 0.0785. The number of methoxy groups -OCH3 is 1. The highest BCUT2D eigenvalue weighted by Crippen LogP contribution is 2.27. The van der Waals surface area contributed by atoms with E-state index in [0.29, 0.717) is 17.9 Å². The van der Waals surface area contributed by atoms with Crippen molar-refractivity contribution in [2.24, 2.45) is 0 Å². The van der Waals surface area contributed by atoms with Gasteiger partial charge in [-0.05, 0) is 39.7 Å². The molecule has 0 saturated heterocycles. The van der Waals surface area contributed by atoms with E-state index >= 15 is 0 Å². The highest BCUT2D eigenvalue weighted by atomic mass is 79.9. The molecular weight excluding hydrogens is 342 g/mol. The van der Waals surface area contributed by atoms with Crippen LogP contribution in [0, 0.1) is 0 Å². The topological polar surface area (TPSA) is 49.8 Å². The summed E-state index contributed by atoms with van der Waals surface area (Å²) in [4.78, 5) is 13.8. The third-order valence-electron chi connectivity index (χ3n) is 2.82. The third-order valence-corrected chi connectivity index (χ3v) is 4.33. The minimum Gasteiger partial charge on any atom is -0.504 e. The molecule has 0 atom stereocenters. The number of phenolic OH excluding ortho intramolecular Hbond substituents is 1. The fourth-order valence-electron chi connectivity index (χ4n) is 1.81. The van der Waals surface area contributed by atoms with Gasteiger partial charge in [0.2, 0.25) is 0 Å². The Bertz CT molecular complexity index is 627. The fourth-order valence-corrected chi connectivity index (χ4v) is 2.94. The number of thiophene rings is 1. The number of phenols is 1. The van der Waals surface area contributed by atoms with Gasteiger partial charge in [0.25, 0.3) is 5.91 Å². The van der Waals surface area contributed by atoms with Gasteiger partial charge >= 0.3 is 0 Å². The lowest BCUT2D eigenvalue weighted by atomic mass is 10.2. The molecule has 4 nitrogen and oxygen atoms in total. The Hall–Kier alpha value is -1.53. The Morgan fingerprint density at radius 3 is 2.80 bits per heavy atom. The third kappa shape index (κ3) is 3.32. The van der Waals surface area contributed by atoms with Crippen molar-refractivity contribution in [3.8, 4) is 11.5 Å². The van der Waals surface area contributed by atoms with Crippen LogP contribution in [0.2, 0.25) is 0 Å². The molecule has 1 N–H and O–H groups in total. The molecule has 0 radical (unpaired) electrons. The van der Waals surface area contributed by atoms with Crippen LogP contribution in [0.3, 0.4) is 0 Å².